The van der Waals surface area contributed by atoms with E-state index in [1.165, 1.54) is 11.3 Å². The van der Waals surface area contributed by atoms with Gasteiger partial charge in [-0.2, -0.15) is 0 Å². The number of hydrogen-bond acceptors (Lipinski definition) is 4. The second-order valence-electron chi connectivity index (χ2n) is 3.79. The van der Waals surface area contributed by atoms with Gasteiger partial charge in [0.05, 0.1) is 7.11 Å². The minimum Gasteiger partial charge on any atom is -0.496 e. The Balaban J connectivity index is 0.00000200. The SMILES string of the molecule is COc1ccccc1CCN=C(N)Nc1nccs1.Cl. The third-order valence-corrected chi connectivity index (χ3v) is 3.21. The lowest BCUT2D eigenvalue weighted by molar-refractivity contribution is 0.410. The highest BCUT2D eigenvalue weighted by Gasteiger charge is 2.01. The van der Waals surface area contributed by atoms with Gasteiger partial charge in [-0.3, -0.25) is 4.99 Å². The molecule has 7 heteroatoms. The summed E-state index contributed by atoms with van der Waals surface area (Å²) in [6.45, 7) is 0.602. The van der Waals surface area contributed by atoms with Crippen LogP contribution in [0.2, 0.25) is 0 Å². The number of aromatic nitrogens is 1. The molecule has 0 amide bonds. The summed E-state index contributed by atoms with van der Waals surface area (Å²) in [6, 6.07) is 7.90. The maximum atomic E-state index is 5.77. The van der Waals surface area contributed by atoms with Crippen molar-refractivity contribution in [3.05, 3.63) is 41.4 Å². The second kappa shape index (κ2) is 8.39. The minimum absolute atomic E-state index is 0. The van der Waals surface area contributed by atoms with Gasteiger partial charge < -0.3 is 15.8 Å². The molecule has 0 saturated heterocycles. The molecule has 1 heterocycles. The van der Waals surface area contributed by atoms with Crippen LogP contribution < -0.4 is 15.8 Å². The molecule has 0 aliphatic carbocycles. The topological polar surface area (TPSA) is 72.5 Å². The normalized spacial score (nSPS) is 10.8. The number of methoxy groups -OCH3 is 1. The maximum Gasteiger partial charge on any atom is 0.194 e. The maximum absolute atomic E-state index is 5.77. The van der Waals surface area contributed by atoms with Crippen LogP contribution in [0.5, 0.6) is 5.75 Å². The zero-order chi connectivity index (χ0) is 13.5. The van der Waals surface area contributed by atoms with Gasteiger partial charge in [0, 0.05) is 18.1 Å². The van der Waals surface area contributed by atoms with Crippen molar-refractivity contribution in [1.82, 2.24) is 4.98 Å². The minimum atomic E-state index is 0. The zero-order valence-electron chi connectivity index (χ0n) is 11.1. The molecule has 0 bridgehead atoms. The first-order valence-corrected chi connectivity index (χ1v) is 6.76. The van der Waals surface area contributed by atoms with Crippen molar-refractivity contribution < 1.29 is 4.74 Å². The summed E-state index contributed by atoms with van der Waals surface area (Å²) in [5.41, 5.74) is 6.90. The van der Waals surface area contributed by atoms with Gasteiger partial charge in [0.25, 0.3) is 0 Å². The molecular formula is C13H17ClN4OS. The van der Waals surface area contributed by atoms with E-state index < -0.39 is 0 Å². The zero-order valence-corrected chi connectivity index (χ0v) is 12.7. The van der Waals surface area contributed by atoms with Crippen molar-refractivity contribution in [2.24, 2.45) is 10.7 Å². The van der Waals surface area contributed by atoms with Gasteiger partial charge in [-0.15, -0.1) is 23.7 Å². The van der Waals surface area contributed by atoms with Gasteiger partial charge in [-0.1, -0.05) is 18.2 Å². The van der Waals surface area contributed by atoms with Gasteiger partial charge in [0.15, 0.2) is 11.1 Å². The number of rotatable bonds is 5. The largest absolute Gasteiger partial charge is 0.496 e. The van der Waals surface area contributed by atoms with E-state index in [1.54, 1.807) is 13.3 Å². The molecule has 5 nitrogen and oxygen atoms in total. The van der Waals surface area contributed by atoms with E-state index in [-0.39, 0.29) is 12.4 Å². The summed E-state index contributed by atoms with van der Waals surface area (Å²) >= 11 is 1.48. The molecule has 2 rings (SSSR count). The first-order chi connectivity index (χ1) is 9.29. The Labute approximate surface area is 128 Å². The average Bonchev–Trinajstić information content (AvgIpc) is 2.92. The van der Waals surface area contributed by atoms with E-state index in [0.717, 1.165) is 22.9 Å². The number of para-hydroxylation sites is 1. The number of hydrogen-bond donors (Lipinski definition) is 2. The number of benzene rings is 1. The van der Waals surface area contributed by atoms with Crippen molar-refractivity contribution in [3.63, 3.8) is 0 Å². The van der Waals surface area contributed by atoms with E-state index in [2.05, 4.69) is 15.3 Å². The van der Waals surface area contributed by atoms with E-state index in [1.807, 2.05) is 29.6 Å². The Morgan fingerprint density at radius 1 is 1.45 bits per heavy atom. The van der Waals surface area contributed by atoms with Crippen LogP contribution in [-0.2, 0) is 6.42 Å². The van der Waals surface area contributed by atoms with Gasteiger partial charge in [-0.05, 0) is 18.1 Å². The molecule has 3 N–H and O–H groups in total. The summed E-state index contributed by atoms with van der Waals surface area (Å²) in [5.74, 6) is 1.26. The third-order valence-electron chi connectivity index (χ3n) is 2.52. The summed E-state index contributed by atoms with van der Waals surface area (Å²) in [4.78, 5) is 8.34. The highest BCUT2D eigenvalue weighted by molar-refractivity contribution is 7.13. The summed E-state index contributed by atoms with van der Waals surface area (Å²) in [5, 5.41) is 5.57. The molecule has 20 heavy (non-hydrogen) atoms. The van der Waals surface area contributed by atoms with E-state index in [0.29, 0.717) is 12.5 Å². The van der Waals surface area contributed by atoms with Crippen LogP contribution in [0.25, 0.3) is 0 Å². The van der Waals surface area contributed by atoms with Crippen LogP contribution in [0.1, 0.15) is 5.56 Å². The van der Waals surface area contributed by atoms with Crippen LogP contribution in [-0.4, -0.2) is 24.6 Å². The summed E-state index contributed by atoms with van der Waals surface area (Å²) in [6.07, 6.45) is 2.50. The molecule has 1 aromatic carbocycles. The Hall–Kier alpha value is -1.79. The number of ether oxygens (including phenoxy) is 1. The van der Waals surface area contributed by atoms with Crippen molar-refractivity contribution in [1.29, 1.82) is 0 Å². The quantitative estimate of drug-likeness (QED) is 0.657. The molecule has 0 saturated carbocycles. The number of halogens is 1. The fraction of sp³-hybridized carbons (Fsp3) is 0.231. The van der Waals surface area contributed by atoms with E-state index in [9.17, 15) is 0 Å². The van der Waals surface area contributed by atoms with Crippen molar-refractivity contribution in [2.75, 3.05) is 19.0 Å². The predicted molar refractivity (Wildman–Crippen MR) is 86.2 cm³/mol. The average molecular weight is 313 g/mol. The van der Waals surface area contributed by atoms with Crippen molar-refractivity contribution in [2.45, 2.75) is 6.42 Å². The van der Waals surface area contributed by atoms with Crippen LogP contribution in [0.15, 0.2) is 40.8 Å². The Morgan fingerprint density at radius 3 is 2.95 bits per heavy atom. The molecule has 0 aliphatic rings. The molecule has 0 radical (unpaired) electrons. The van der Waals surface area contributed by atoms with Crippen LogP contribution in [0.3, 0.4) is 0 Å². The lowest BCUT2D eigenvalue weighted by Crippen LogP contribution is -2.22. The molecule has 0 aliphatic heterocycles. The first-order valence-electron chi connectivity index (χ1n) is 5.88. The number of aliphatic imine (C=N–C) groups is 1. The van der Waals surface area contributed by atoms with Crippen LogP contribution in [0, 0.1) is 0 Å². The molecule has 0 unspecified atom stereocenters. The van der Waals surface area contributed by atoms with Gasteiger partial charge >= 0.3 is 0 Å². The Bertz CT molecular complexity index is 545. The number of nitrogens with two attached hydrogens (primary N) is 1. The number of anilines is 1. The van der Waals surface area contributed by atoms with Crippen LogP contribution in [0.4, 0.5) is 5.13 Å². The number of nitrogens with zero attached hydrogens (tertiary/aromatic N) is 2. The molecule has 108 valence electrons. The predicted octanol–water partition coefficient (Wildman–Crippen LogP) is 2.54. The summed E-state index contributed by atoms with van der Waals surface area (Å²) in [7, 11) is 1.67. The number of guanidine groups is 1. The third kappa shape index (κ3) is 4.71. The molecule has 0 fully saturated rings. The van der Waals surface area contributed by atoms with Gasteiger partial charge in [0.2, 0.25) is 0 Å². The fourth-order valence-electron chi connectivity index (χ4n) is 1.64. The Kier molecular flexibility index (Phi) is 6.83. The smallest absolute Gasteiger partial charge is 0.194 e. The van der Waals surface area contributed by atoms with Gasteiger partial charge in [0.1, 0.15) is 5.75 Å². The first kappa shape index (κ1) is 16.3. The van der Waals surface area contributed by atoms with Crippen molar-refractivity contribution in [3.8, 4) is 5.75 Å². The lowest BCUT2D eigenvalue weighted by Gasteiger charge is -2.06. The van der Waals surface area contributed by atoms with Crippen LogP contribution >= 0.6 is 23.7 Å². The monoisotopic (exact) mass is 312 g/mol. The van der Waals surface area contributed by atoms with Gasteiger partial charge in [-0.25, -0.2) is 4.98 Å². The molecular weight excluding hydrogens is 296 g/mol. The molecule has 2 aromatic rings. The Morgan fingerprint density at radius 2 is 2.25 bits per heavy atom. The standard InChI is InChI=1S/C13H16N4OS.ClH/c1-18-11-5-3-2-4-10(11)6-7-15-12(14)17-13-16-8-9-19-13;/h2-5,8-9H,6-7H2,1H3,(H3,14,15,16,17);1H. The fourth-order valence-corrected chi connectivity index (χ4v) is 2.18. The highest BCUT2D eigenvalue weighted by Crippen LogP contribution is 2.17. The molecule has 0 atom stereocenters. The summed E-state index contributed by atoms with van der Waals surface area (Å²) < 4.78 is 5.28. The molecule has 0 spiro atoms. The molecule has 1 aromatic heterocycles. The number of thiazole rings is 1. The van der Waals surface area contributed by atoms with Crippen molar-refractivity contribution >= 4 is 34.8 Å². The second-order valence-corrected chi connectivity index (χ2v) is 4.69. The van der Waals surface area contributed by atoms with E-state index >= 15 is 0 Å². The lowest BCUT2D eigenvalue weighted by atomic mass is 10.1. The number of nitrogens with one attached hydrogen (secondary N) is 1. The van der Waals surface area contributed by atoms with E-state index in [4.69, 9.17) is 10.5 Å². The highest BCUT2D eigenvalue weighted by atomic mass is 35.5.